The fraction of sp³-hybridized carbons (Fsp3) is 0.600. The van der Waals surface area contributed by atoms with Gasteiger partial charge in [0.1, 0.15) is 11.6 Å². The van der Waals surface area contributed by atoms with Crippen molar-refractivity contribution in [3.05, 3.63) is 17.1 Å². The van der Waals surface area contributed by atoms with E-state index in [1.807, 2.05) is 14.0 Å². The van der Waals surface area contributed by atoms with Crippen molar-refractivity contribution in [2.75, 3.05) is 19.4 Å². The molecule has 0 bridgehead atoms. The fourth-order valence-corrected chi connectivity index (χ4v) is 1.60. The lowest BCUT2D eigenvalue weighted by molar-refractivity contribution is 0.109. The second-order valence-electron chi connectivity index (χ2n) is 3.71. The SMILES string of the molecule is CNC(C)c1nc(N)c2c(n1)CCOC2. The van der Waals surface area contributed by atoms with Crippen LogP contribution in [0.15, 0.2) is 0 Å². The molecule has 15 heavy (non-hydrogen) atoms. The second-order valence-corrected chi connectivity index (χ2v) is 3.71. The molecule has 0 fully saturated rings. The van der Waals surface area contributed by atoms with Crippen molar-refractivity contribution in [1.29, 1.82) is 0 Å². The molecule has 5 nitrogen and oxygen atoms in total. The highest BCUT2D eigenvalue weighted by atomic mass is 16.5. The van der Waals surface area contributed by atoms with Gasteiger partial charge in [-0.2, -0.15) is 0 Å². The smallest absolute Gasteiger partial charge is 0.147 e. The van der Waals surface area contributed by atoms with E-state index in [1.54, 1.807) is 0 Å². The van der Waals surface area contributed by atoms with Crippen molar-refractivity contribution in [2.45, 2.75) is 26.0 Å². The molecule has 1 aromatic heterocycles. The Kier molecular flexibility index (Phi) is 2.83. The molecule has 0 spiro atoms. The number of fused-ring (bicyclic) bond motifs is 1. The molecule has 1 aliphatic heterocycles. The predicted octanol–water partition coefficient (Wildman–Crippen LogP) is 0.412. The molecule has 3 N–H and O–H groups in total. The van der Waals surface area contributed by atoms with E-state index >= 15 is 0 Å². The van der Waals surface area contributed by atoms with E-state index in [-0.39, 0.29) is 6.04 Å². The Bertz CT molecular complexity index is 367. The van der Waals surface area contributed by atoms with E-state index in [0.717, 1.165) is 30.1 Å². The molecule has 1 aromatic rings. The first kappa shape index (κ1) is 10.3. The van der Waals surface area contributed by atoms with Crippen LogP contribution in [0.1, 0.15) is 30.0 Å². The van der Waals surface area contributed by atoms with Gasteiger partial charge in [-0.25, -0.2) is 9.97 Å². The summed E-state index contributed by atoms with van der Waals surface area (Å²) >= 11 is 0. The van der Waals surface area contributed by atoms with Gasteiger partial charge in [0.25, 0.3) is 0 Å². The van der Waals surface area contributed by atoms with Gasteiger partial charge in [-0.05, 0) is 14.0 Å². The summed E-state index contributed by atoms with van der Waals surface area (Å²) in [6, 6.07) is 0.125. The van der Waals surface area contributed by atoms with Crippen LogP contribution in [0.4, 0.5) is 5.82 Å². The normalized spacial score (nSPS) is 17.2. The molecule has 1 unspecified atom stereocenters. The molecule has 2 rings (SSSR count). The van der Waals surface area contributed by atoms with E-state index in [1.165, 1.54) is 0 Å². The summed E-state index contributed by atoms with van der Waals surface area (Å²) < 4.78 is 5.33. The Morgan fingerprint density at radius 3 is 3.00 bits per heavy atom. The monoisotopic (exact) mass is 208 g/mol. The lowest BCUT2D eigenvalue weighted by Crippen LogP contribution is -2.21. The molecule has 1 atom stereocenters. The van der Waals surface area contributed by atoms with Crippen LogP contribution in [-0.4, -0.2) is 23.6 Å². The lowest BCUT2D eigenvalue weighted by Gasteiger charge is -2.19. The van der Waals surface area contributed by atoms with Crippen LogP contribution in [0.25, 0.3) is 0 Å². The van der Waals surface area contributed by atoms with Crippen LogP contribution >= 0.6 is 0 Å². The molecule has 2 heterocycles. The summed E-state index contributed by atoms with van der Waals surface area (Å²) in [5.41, 5.74) is 7.86. The first-order valence-corrected chi connectivity index (χ1v) is 5.12. The minimum absolute atomic E-state index is 0.125. The number of hydrogen-bond donors (Lipinski definition) is 2. The average molecular weight is 208 g/mol. The van der Waals surface area contributed by atoms with Crippen molar-refractivity contribution in [3.8, 4) is 0 Å². The van der Waals surface area contributed by atoms with Gasteiger partial charge in [-0.1, -0.05) is 0 Å². The molecule has 82 valence electrons. The minimum atomic E-state index is 0.125. The van der Waals surface area contributed by atoms with Crippen molar-refractivity contribution in [2.24, 2.45) is 0 Å². The van der Waals surface area contributed by atoms with Gasteiger partial charge in [-0.15, -0.1) is 0 Å². The molecule has 1 aliphatic rings. The molecule has 0 aromatic carbocycles. The number of hydrogen-bond acceptors (Lipinski definition) is 5. The van der Waals surface area contributed by atoms with Crippen LogP contribution in [-0.2, 0) is 17.8 Å². The summed E-state index contributed by atoms with van der Waals surface area (Å²) in [6.07, 6.45) is 0.825. The van der Waals surface area contributed by atoms with Gasteiger partial charge >= 0.3 is 0 Å². The zero-order valence-corrected chi connectivity index (χ0v) is 9.08. The number of aromatic nitrogens is 2. The number of nitrogens with two attached hydrogens (primary N) is 1. The molecule has 0 amide bonds. The Hall–Kier alpha value is -1.20. The Balaban J connectivity index is 2.40. The molecule has 0 radical (unpaired) electrons. The van der Waals surface area contributed by atoms with Crippen molar-refractivity contribution in [1.82, 2.24) is 15.3 Å². The maximum absolute atomic E-state index is 5.88. The Labute approximate surface area is 89.1 Å². The highest BCUT2D eigenvalue weighted by molar-refractivity contribution is 5.43. The van der Waals surface area contributed by atoms with Gasteiger partial charge in [0.05, 0.1) is 24.9 Å². The van der Waals surface area contributed by atoms with E-state index in [2.05, 4.69) is 15.3 Å². The van der Waals surface area contributed by atoms with E-state index in [0.29, 0.717) is 12.4 Å². The first-order valence-electron chi connectivity index (χ1n) is 5.12. The molecule has 0 saturated heterocycles. The Morgan fingerprint density at radius 2 is 2.27 bits per heavy atom. The maximum Gasteiger partial charge on any atom is 0.147 e. The van der Waals surface area contributed by atoms with Gasteiger partial charge < -0.3 is 15.8 Å². The van der Waals surface area contributed by atoms with E-state index in [9.17, 15) is 0 Å². The van der Waals surface area contributed by atoms with Crippen molar-refractivity contribution < 1.29 is 4.74 Å². The average Bonchev–Trinajstić information content (AvgIpc) is 2.28. The number of anilines is 1. The number of nitrogens with zero attached hydrogens (tertiary/aromatic N) is 2. The van der Waals surface area contributed by atoms with Crippen LogP contribution in [0.2, 0.25) is 0 Å². The lowest BCUT2D eigenvalue weighted by atomic mass is 10.1. The summed E-state index contributed by atoms with van der Waals surface area (Å²) in [5, 5.41) is 3.10. The zero-order chi connectivity index (χ0) is 10.8. The third-order valence-electron chi connectivity index (χ3n) is 2.69. The number of nitrogen functional groups attached to an aromatic ring is 1. The number of rotatable bonds is 2. The van der Waals surface area contributed by atoms with Crippen molar-refractivity contribution >= 4 is 5.82 Å². The van der Waals surface area contributed by atoms with Crippen LogP contribution < -0.4 is 11.1 Å². The predicted molar refractivity (Wildman–Crippen MR) is 57.3 cm³/mol. The molecule has 5 heteroatoms. The van der Waals surface area contributed by atoms with Crippen LogP contribution in [0.5, 0.6) is 0 Å². The van der Waals surface area contributed by atoms with Crippen LogP contribution in [0.3, 0.4) is 0 Å². The highest BCUT2D eigenvalue weighted by Crippen LogP contribution is 2.21. The molecule has 0 aliphatic carbocycles. The number of ether oxygens (including phenoxy) is 1. The van der Waals surface area contributed by atoms with Crippen LogP contribution in [0, 0.1) is 0 Å². The standard InChI is InChI=1S/C10H16N4O/c1-6(12-2)10-13-8-3-4-15-5-7(8)9(11)14-10/h6,12H,3-5H2,1-2H3,(H2,11,13,14). The third-order valence-corrected chi connectivity index (χ3v) is 2.69. The summed E-state index contributed by atoms with van der Waals surface area (Å²) in [7, 11) is 1.88. The highest BCUT2D eigenvalue weighted by Gasteiger charge is 2.18. The molecular formula is C10H16N4O. The van der Waals surface area contributed by atoms with Crippen molar-refractivity contribution in [3.63, 3.8) is 0 Å². The Morgan fingerprint density at radius 1 is 1.47 bits per heavy atom. The quantitative estimate of drug-likeness (QED) is 0.736. The molecule has 0 saturated carbocycles. The van der Waals surface area contributed by atoms with E-state index < -0.39 is 0 Å². The fourth-order valence-electron chi connectivity index (χ4n) is 1.60. The third kappa shape index (κ3) is 1.93. The zero-order valence-electron chi connectivity index (χ0n) is 9.08. The van der Waals surface area contributed by atoms with E-state index in [4.69, 9.17) is 10.5 Å². The topological polar surface area (TPSA) is 73.1 Å². The maximum atomic E-state index is 5.88. The van der Waals surface area contributed by atoms with Gasteiger partial charge in [0, 0.05) is 12.0 Å². The summed E-state index contributed by atoms with van der Waals surface area (Å²) in [5.74, 6) is 1.31. The summed E-state index contributed by atoms with van der Waals surface area (Å²) in [4.78, 5) is 8.79. The van der Waals surface area contributed by atoms with Gasteiger partial charge in [-0.3, -0.25) is 0 Å². The van der Waals surface area contributed by atoms with Gasteiger partial charge in [0.15, 0.2) is 0 Å². The molecular weight excluding hydrogens is 192 g/mol. The summed E-state index contributed by atoms with van der Waals surface area (Å²) in [6.45, 7) is 3.27. The number of nitrogens with one attached hydrogen (secondary N) is 1. The minimum Gasteiger partial charge on any atom is -0.383 e. The largest absolute Gasteiger partial charge is 0.383 e. The first-order chi connectivity index (χ1) is 7.22. The van der Waals surface area contributed by atoms with Gasteiger partial charge in [0.2, 0.25) is 0 Å². The second kappa shape index (κ2) is 4.12.